The zero-order valence-electron chi connectivity index (χ0n) is 14.8. The zero-order valence-corrected chi connectivity index (χ0v) is 14.8. The van der Waals surface area contributed by atoms with Crippen molar-refractivity contribution in [3.05, 3.63) is 58.7 Å². The van der Waals surface area contributed by atoms with Gasteiger partial charge in [-0.15, -0.1) is 0 Å². The first kappa shape index (κ1) is 16.8. The minimum Gasteiger partial charge on any atom is -0.497 e. The van der Waals surface area contributed by atoms with Crippen LogP contribution in [0.3, 0.4) is 0 Å². The highest BCUT2D eigenvalue weighted by molar-refractivity contribution is 5.49. The number of benzene rings is 2. The minimum absolute atomic E-state index is 0.382. The van der Waals surface area contributed by atoms with Crippen molar-refractivity contribution in [3.63, 3.8) is 0 Å². The Bertz CT molecular complexity index is 655. The summed E-state index contributed by atoms with van der Waals surface area (Å²) in [5, 5.41) is 0. The van der Waals surface area contributed by atoms with E-state index in [-0.39, 0.29) is 0 Å². The van der Waals surface area contributed by atoms with E-state index in [1.807, 2.05) is 0 Å². The van der Waals surface area contributed by atoms with E-state index in [9.17, 15) is 0 Å². The van der Waals surface area contributed by atoms with E-state index < -0.39 is 0 Å². The first-order valence-corrected chi connectivity index (χ1v) is 8.70. The van der Waals surface area contributed by atoms with Crippen molar-refractivity contribution in [1.82, 2.24) is 0 Å². The lowest BCUT2D eigenvalue weighted by Crippen LogP contribution is -2.16. The number of methoxy groups -OCH3 is 2. The molecular formula is C21H27NO2. The predicted molar refractivity (Wildman–Crippen MR) is 98.1 cm³/mol. The highest BCUT2D eigenvalue weighted by Gasteiger charge is 2.25. The molecular weight excluding hydrogens is 298 g/mol. The molecule has 1 aliphatic carbocycles. The van der Waals surface area contributed by atoms with Crippen molar-refractivity contribution >= 4 is 0 Å². The Balaban J connectivity index is 2.09. The smallest absolute Gasteiger partial charge is 0.119 e. The van der Waals surface area contributed by atoms with Crippen molar-refractivity contribution in [3.8, 4) is 11.5 Å². The molecule has 3 rings (SSSR count). The molecule has 128 valence electrons. The molecule has 0 aromatic heterocycles. The molecule has 24 heavy (non-hydrogen) atoms. The van der Waals surface area contributed by atoms with E-state index in [0.717, 1.165) is 30.8 Å². The fraction of sp³-hybridized carbons (Fsp3) is 0.429. The molecule has 0 fully saturated rings. The molecule has 2 N–H and O–H groups in total. The van der Waals surface area contributed by atoms with Crippen molar-refractivity contribution in [2.75, 3.05) is 20.8 Å². The quantitative estimate of drug-likeness (QED) is 0.906. The predicted octanol–water partition coefficient (Wildman–Crippen LogP) is 3.92. The number of ether oxygens (including phenoxy) is 2. The van der Waals surface area contributed by atoms with Crippen LogP contribution in [-0.2, 0) is 12.8 Å². The number of rotatable bonds is 5. The Kier molecular flexibility index (Phi) is 5.10. The van der Waals surface area contributed by atoms with Crippen LogP contribution in [0.4, 0.5) is 0 Å². The molecule has 0 saturated carbocycles. The molecule has 0 heterocycles. The van der Waals surface area contributed by atoms with Crippen molar-refractivity contribution in [2.45, 2.75) is 32.1 Å². The number of hydrogen-bond donors (Lipinski definition) is 1. The Hall–Kier alpha value is -2.00. The van der Waals surface area contributed by atoms with Gasteiger partial charge in [0, 0.05) is 5.92 Å². The molecule has 2 aromatic carbocycles. The maximum absolute atomic E-state index is 5.92. The Morgan fingerprint density at radius 3 is 1.88 bits per heavy atom. The largest absolute Gasteiger partial charge is 0.497 e. The van der Waals surface area contributed by atoms with Crippen LogP contribution in [0.15, 0.2) is 36.4 Å². The van der Waals surface area contributed by atoms with E-state index in [4.69, 9.17) is 15.2 Å². The van der Waals surface area contributed by atoms with Gasteiger partial charge < -0.3 is 15.2 Å². The lowest BCUT2D eigenvalue weighted by Gasteiger charge is -2.24. The fourth-order valence-electron chi connectivity index (χ4n) is 3.72. The van der Waals surface area contributed by atoms with Gasteiger partial charge in [0.25, 0.3) is 0 Å². The number of aryl methyl sites for hydroxylation is 2. The zero-order chi connectivity index (χ0) is 17.1. The molecule has 1 atom stereocenters. The van der Waals surface area contributed by atoms with Gasteiger partial charge in [0.15, 0.2) is 0 Å². The second-order valence-corrected chi connectivity index (χ2v) is 6.76. The van der Waals surface area contributed by atoms with Crippen LogP contribution in [0.25, 0.3) is 0 Å². The average molecular weight is 325 g/mol. The summed E-state index contributed by atoms with van der Waals surface area (Å²) >= 11 is 0. The molecule has 0 radical (unpaired) electrons. The molecule has 1 aliphatic rings. The van der Waals surface area contributed by atoms with Crippen molar-refractivity contribution < 1.29 is 9.47 Å². The lowest BCUT2D eigenvalue weighted by atomic mass is 9.82. The summed E-state index contributed by atoms with van der Waals surface area (Å²) in [6.07, 6.45) is 3.12. The first-order valence-electron chi connectivity index (χ1n) is 8.70. The monoisotopic (exact) mass is 325 g/mol. The number of fused-ring (bicyclic) bond motifs is 2. The van der Waals surface area contributed by atoms with E-state index in [0.29, 0.717) is 18.4 Å². The summed E-state index contributed by atoms with van der Waals surface area (Å²) in [6, 6.07) is 13.0. The van der Waals surface area contributed by atoms with E-state index >= 15 is 0 Å². The third-order valence-electron chi connectivity index (χ3n) is 5.16. The maximum Gasteiger partial charge on any atom is 0.119 e. The van der Waals surface area contributed by atoms with Crippen LogP contribution in [0, 0.1) is 5.92 Å². The van der Waals surface area contributed by atoms with Crippen molar-refractivity contribution in [2.24, 2.45) is 11.7 Å². The van der Waals surface area contributed by atoms with Gasteiger partial charge in [0.1, 0.15) is 11.5 Å². The first-order chi connectivity index (χ1) is 11.7. The maximum atomic E-state index is 5.92. The van der Waals surface area contributed by atoms with Crippen LogP contribution in [0.5, 0.6) is 11.5 Å². The number of nitrogens with two attached hydrogens (primary N) is 1. The van der Waals surface area contributed by atoms with E-state index in [1.54, 1.807) is 14.2 Å². The lowest BCUT2D eigenvalue weighted by molar-refractivity contribution is 0.413. The fourth-order valence-corrected chi connectivity index (χ4v) is 3.72. The van der Waals surface area contributed by atoms with Gasteiger partial charge in [-0.2, -0.15) is 0 Å². The topological polar surface area (TPSA) is 44.5 Å². The molecule has 1 unspecified atom stereocenters. The van der Waals surface area contributed by atoms with Crippen molar-refractivity contribution in [1.29, 1.82) is 0 Å². The minimum atomic E-state index is 0.382. The van der Waals surface area contributed by atoms with Gasteiger partial charge in [-0.3, -0.25) is 0 Å². The summed E-state index contributed by atoms with van der Waals surface area (Å²) in [7, 11) is 3.46. The van der Waals surface area contributed by atoms with Gasteiger partial charge in [-0.05, 0) is 78.2 Å². The molecule has 0 saturated heterocycles. The Labute approximate surface area is 144 Å². The molecule has 3 heteroatoms. The second kappa shape index (κ2) is 7.27. The molecule has 3 nitrogen and oxygen atoms in total. The highest BCUT2D eigenvalue weighted by atomic mass is 16.5. The molecule has 0 bridgehead atoms. The summed E-state index contributed by atoms with van der Waals surface area (Å²) in [5.74, 6) is 2.73. The average Bonchev–Trinajstić information content (AvgIpc) is 2.77. The van der Waals surface area contributed by atoms with Gasteiger partial charge in [0.05, 0.1) is 14.2 Å². The SMILES string of the molecule is COc1ccc2c(c1)CCc1cc(OC)ccc1C2CC(C)CN. The van der Waals surface area contributed by atoms with Gasteiger partial charge in [0.2, 0.25) is 0 Å². The summed E-state index contributed by atoms with van der Waals surface area (Å²) in [6.45, 7) is 2.95. The van der Waals surface area contributed by atoms with E-state index in [1.165, 1.54) is 22.3 Å². The van der Waals surface area contributed by atoms with Crippen LogP contribution in [0.2, 0.25) is 0 Å². The van der Waals surface area contributed by atoms with Crippen LogP contribution >= 0.6 is 0 Å². The van der Waals surface area contributed by atoms with Crippen LogP contribution in [0.1, 0.15) is 41.5 Å². The summed E-state index contributed by atoms with van der Waals surface area (Å²) in [5.41, 5.74) is 11.5. The van der Waals surface area contributed by atoms with Gasteiger partial charge in [-0.1, -0.05) is 19.1 Å². The Morgan fingerprint density at radius 2 is 1.46 bits per heavy atom. The molecule has 0 aliphatic heterocycles. The third-order valence-corrected chi connectivity index (χ3v) is 5.16. The van der Waals surface area contributed by atoms with Gasteiger partial charge in [-0.25, -0.2) is 0 Å². The summed E-state index contributed by atoms with van der Waals surface area (Å²) < 4.78 is 10.9. The third kappa shape index (κ3) is 3.27. The molecule has 2 aromatic rings. The van der Waals surface area contributed by atoms with Crippen LogP contribution in [-0.4, -0.2) is 20.8 Å². The summed E-state index contributed by atoms with van der Waals surface area (Å²) in [4.78, 5) is 0. The Morgan fingerprint density at radius 1 is 0.958 bits per heavy atom. The number of hydrogen-bond acceptors (Lipinski definition) is 3. The second-order valence-electron chi connectivity index (χ2n) is 6.76. The van der Waals surface area contributed by atoms with E-state index in [2.05, 4.69) is 43.3 Å². The standard InChI is InChI=1S/C21H27NO2/c1-14(13-22)10-21-19-8-6-17(23-2)11-15(19)4-5-16-12-18(24-3)7-9-20(16)21/h6-9,11-12,14,21H,4-5,10,13,22H2,1-3H3. The highest BCUT2D eigenvalue weighted by Crippen LogP contribution is 2.40. The van der Waals surface area contributed by atoms with Crippen LogP contribution < -0.4 is 15.2 Å². The molecule has 0 amide bonds. The van der Waals surface area contributed by atoms with Gasteiger partial charge >= 0.3 is 0 Å². The molecule has 0 spiro atoms. The normalized spacial score (nSPS) is 15.2.